The van der Waals surface area contributed by atoms with Crippen LogP contribution < -0.4 is 10.6 Å². The van der Waals surface area contributed by atoms with Gasteiger partial charge >= 0.3 is 0 Å². The van der Waals surface area contributed by atoms with Crippen LogP contribution in [0.4, 0.5) is 5.69 Å². The fourth-order valence-corrected chi connectivity index (χ4v) is 2.38. The molecule has 0 aromatic heterocycles. The maximum Gasteiger partial charge on any atom is 0.170 e. The van der Waals surface area contributed by atoms with Gasteiger partial charge in [-0.05, 0) is 37.6 Å². The SMILES string of the molecule is CCC1COC(C)CN1c1ccc(C(N)=NO)cc1. The molecule has 5 nitrogen and oxygen atoms in total. The minimum absolute atomic E-state index is 0.133. The Bertz CT molecular complexity index is 445. The van der Waals surface area contributed by atoms with E-state index >= 15 is 0 Å². The van der Waals surface area contributed by atoms with E-state index in [0.29, 0.717) is 6.04 Å². The Labute approximate surface area is 113 Å². The topological polar surface area (TPSA) is 71.1 Å². The summed E-state index contributed by atoms with van der Waals surface area (Å²) >= 11 is 0. The summed E-state index contributed by atoms with van der Waals surface area (Å²) in [6.07, 6.45) is 1.29. The lowest BCUT2D eigenvalue weighted by Gasteiger charge is -2.40. The molecule has 104 valence electrons. The predicted molar refractivity (Wildman–Crippen MR) is 75.8 cm³/mol. The summed E-state index contributed by atoms with van der Waals surface area (Å²) in [6.45, 7) is 5.91. The summed E-state index contributed by atoms with van der Waals surface area (Å²) in [7, 11) is 0. The number of nitrogens with zero attached hydrogens (tertiary/aromatic N) is 2. The zero-order valence-electron chi connectivity index (χ0n) is 11.4. The van der Waals surface area contributed by atoms with E-state index in [2.05, 4.69) is 23.9 Å². The van der Waals surface area contributed by atoms with Crippen molar-refractivity contribution in [3.05, 3.63) is 29.8 Å². The first-order chi connectivity index (χ1) is 9.15. The highest BCUT2D eigenvalue weighted by Crippen LogP contribution is 2.23. The van der Waals surface area contributed by atoms with Crippen LogP contribution in [0, 0.1) is 0 Å². The fraction of sp³-hybridized carbons (Fsp3) is 0.500. The van der Waals surface area contributed by atoms with Gasteiger partial charge in [-0.1, -0.05) is 12.1 Å². The van der Waals surface area contributed by atoms with E-state index in [1.165, 1.54) is 0 Å². The molecule has 2 atom stereocenters. The van der Waals surface area contributed by atoms with E-state index in [1.54, 1.807) is 0 Å². The molecule has 1 aliphatic heterocycles. The van der Waals surface area contributed by atoms with Crippen LogP contribution in [-0.2, 0) is 4.74 Å². The molecule has 0 radical (unpaired) electrons. The molecule has 0 aliphatic carbocycles. The molecule has 1 heterocycles. The van der Waals surface area contributed by atoms with Crippen LogP contribution in [0.1, 0.15) is 25.8 Å². The van der Waals surface area contributed by atoms with Crippen molar-refractivity contribution < 1.29 is 9.94 Å². The largest absolute Gasteiger partial charge is 0.409 e. The van der Waals surface area contributed by atoms with Crippen molar-refractivity contribution in [3.63, 3.8) is 0 Å². The van der Waals surface area contributed by atoms with Crippen LogP contribution in [0.3, 0.4) is 0 Å². The minimum atomic E-state index is 0.133. The number of hydrogen-bond acceptors (Lipinski definition) is 4. The molecular formula is C14H21N3O2. The quantitative estimate of drug-likeness (QED) is 0.377. The molecule has 1 aromatic carbocycles. The van der Waals surface area contributed by atoms with E-state index in [1.807, 2.05) is 24.3 Å². The first-order valence-electron chi connectivity index (χ1n) is 6.62. The Morgan fingerprint density at radius 2 is 2.16 bits per heavy atom. The number of hydrogen-bond donors (Lipinski definition) is 2. The lowest BCUT2D eigenvalue weighted by atomic mass is 10.1. The number of benzene rings is 1. The molecule has 5 heteroatoms. The highest BCUT2D eigenvalue weighted by atomic mass is 16.5. The second-order valence-corrected chi connectivity index (χ2v) is 4.89. The van der Waals surface area contributed by atoms with Crippen molar-refractivity contribution >= 4 is 11.5 Å². The number of amidine groups is 1. The van der Waals surface area contributed by atoms with Gasteiger partial charge in [-0.3, -0.25) is 0 Å². The van der Waals surface area contributed by atoms with E-state index in [9.17, 15) is 0 Å². The molecule has 1 fully saturated rings. The smallest absolute Gasteiger partial charge is 0.170 e. The van der Waals surface area contributed by atoms with Crippen LogP contribution in [0.15, 0.2) is 29.4 Å². The first kappa shape index (κ1) is 13.7. The van der Waals surface area contributed by atoms with Gasteiger partial charge in [-0.15, -0.1) is 0 Å². The summed E-state index contributed by atoms with van der Waals surface area (Å²) in [5.41, 5.74) is 7.44. The van der Waals surface area contributed by atoms with Gasteiger partial charge in [-0.25, -0.2) is 0 Å². The van der Waals surface area contributed by atoms with E-state index in [0.717, 1.165) is 30.8 Å². The zero-order valence-corrected chi connectivity index (χ0v) is 11.4. The van der Waals surface area contributed by atoms with Crippen molar-refractivity contribution in [2.24, 2.45) is 10.9 Å². The van der Waals surface area contributed by atoms with Crippen LogP contribution in [-0.4, -0.2) is 36.3 Å². The van der Waals surface area contributed by atoms with E-state index in [4.69, 9.17) is 15.7 Å². The molecule has 2 unspecified atom stereocenters. The summed E-state index contributed by atoms with van der Waals surface area (Å²) in [4.78, 5) is 2.37. The van der Waals surface area contributed by atoms with E-state index < -0.39 is 0 Å². The normalized spacial score (nSPS) is 24.5. The average Bonchev–Trinajstić information content (AvgIpc) is 2.46. The highest BCUT2D eigenvalue weighted by molar-refractivity contribution is 5.97. The Morgan fingerprint density at radius 1 is 1.47 bits per heavy atom. The van der Waals surface area contributed by atoms with Gasteiger partial charge in [0.25, 0.3) is 0 Å². The first-order valence-corrected chi connectivity index (χ1v) is 6.62. The van der Waals surface area contributed by atoms with Crippen LogP contribution >= 0.6 is 0 Å². The molecule has 1 aliphatic rings. The van der Waals surface area contributed by atoms with Gasteiger partial charge in [0, 0.05) is 17.8 Å². The monoisotopic (exact) mass is 263 g/mol. The Kier molecular flexibility index (Phi) is 4.27. The fourth-order valence-electron chi connectivity index (χ4n) is 2.38. The summed E-state index contributed by atoms with van der Waals surface area (Å²) in [6, 6.07) is 8.17. The number of oxime groups is 1. The third kappa shape index (κ3) is 2.98. The van der Waals surface area contributed by atoms with Crippen LogP contribution in [0.5, 0.6) is 0 Å². The summed E-state index contributed by atoms with van der Waals surface area (Å²) in [5, 5.41) is 11.7. The molecule has 1 aromatic rings. The zero-order chi connectivity index (χ0) is 13.8. The van der Waals surface area contributed by atoms with Crippen LogP contribution in [0.25, 0.3) is 0 Å². The second kappa shape index (κ2) is 5.93. The van der Waals surface area contributed by atoms with Gasteiger partial charge in [-0.2, -0.15) is 0 Å². The maximum atomic E-state index is 8.66. The molecule has 0 amide bonds. The van der Waals surface area contributed by atoms with Crippen molar-refractivity contribution in [2.45, 2.75) is 32.4 Å². The van der Waals surface area contributed by atoms with Crippen molar-refractivity contribution in [1.82, 2.24) is 0 Å². The van der Waals surface area contributed by atoms with E-state index in [-0.39, 0.29) is 11.9 Å². The predicted octanol–water partition coefficient (Wildman–Crippen LogP) is 1.78. The lowest BCUT2D eigenvalue weighted by molar-refractivity contribution is 0.0299. The Hall–Kier alpha value is -1.75. The summed E-state index contributed by atoms with van der Waals surface area (Å²) in [5.74, 6) is 0.133. The molecule has 19 heavy (non-hydrogen) atoms. The molecule has 0 spiro atoms. The van der Waals surface area contributed by atoms with Gasteiger partial charge in [0.15, 0.2) is 5.84 Å². The van der Waals surface area contributed by atoms with Crippen molar-refractivity contribution in [1.29, 1.82) is 0 Å². The Balaban J connectivity index is 2.20. The van der Waals surface area contributed by atoms with Crippen molar-refractivity contribution in [2.75, 3.05) is 18.1 Å². The maximum absolute atomic E-state index is 8.66. The summed E-state index contributed by atoms with van der Waals surface area (Å²) < 4.78 is 5.70. The third-order valence-corrected chi connectivity index (χ3v) is 3.54. The molecule has 3 N–H and O–H groups in total. The number of ether oxygens (including phenoxy) is 1. The molecule has 2 rings (SSSR count). The number of morpholine rings is 1. The lowest BCUT2D eigenvalue weighted by Crippen LogP contribution is -2.48. The molecule has 0 saturated carbocycles. The number of nitrogens with two attached hydrogens (primary N) is 1. The molecule has 1 saturated heterocycles. The highest BCUT2D eigenvalue weighted by Gasteiger charge is 2.25. The van der Waals surface area contributed by atoms with Gasteiger partial charge < -0.3 is 20.6 Å². The second-order valence-electron chi connectivity index (χ2n) is 4.89. The molecular weight excluding hydrogens is 242 g/mol. The van der Waals surface area contributed by atoms with Gasteiger partial charge in [0.2, 0.25) is 0 Å². The standard InChI is InChI=1S/C14H21N3O2/c1-3-12-9-19-10(2)8-17(12)13-6-4-11(5-7-13)14(15)16-18/h4-7,10,12,18H,3,8-9H2,1-2H3,(H2,15,16). The van der Waals surface area contributed by atoms with Gasteiger partial charge in [0.1, 0.15) is 0 Å². The number of anilines is 1. The molecule has 0 bridgehead atoms. The van der Waals surface area contributed by atoms with Crippen molar-refractivity contribution in [3.8, 4) is 0 Å². The third-order valence-electron chi connectivity index (χ3n) is 3.54. The minimum Gasteiger partial charge on any atom is -0.409 e. The number of rotatable bonds is 3. The van der Waals surface area contributed by atoms with Gasteiger partial charge in [0.05, 0.1) is 18.8 Å². The van der Waals surface area contributed by atoms with Crippen LogP contribution in [0.2, 0.25) is 0 Å². The Morgan fingerprint density at radius 3 is 2.74 bits per heavy atom. The average molecular weight is 263 g/mol.